The third-order valence-corrected chi connectivity index (χ3v) is 3.42. The van der Waals surface area contributed by atoms with Gasteiger partial charge in [-0.1, -0.05) is 13.8 Å². The number of rotatable bonds is 6. The highest BCUT2D eigenvalue weighted by atomic mass is 32.1. The minimum atomic E-state index is 0.509. The second kappa shape index (κ2) is 5.98. The van der Waals surface area contributed by atoms with Gasteiger partial charge in [-0.25, -0.2) is 0 Å². The SMILES string of the molecule is CC(C)NCc1ccnn1CCc1ccsc1. The van der Waals surface area contributed by atoms with Crippen LogP contribution in [-0.2, 0) is 19.5 Å². The average molecular weight is 249 g/mol. The molecule has 3 nitrogen and oxygen atoms in total. The third kappa shape index (κ3) is 3.68. The molecule has 2 heterocycles. The van der Waals surface area contributed by atoms with Gasteiger partial charge in [0.2, 0.25) is 0 Å². The number of nitrogens with one attached hydrogen (secondary N) is 1. The van der Waals surface area contributed by atoms with Crippen molar-refractivity contribution in [2.75, 3.05) is 0 Å². The lowest BCUT2D eigenvalue weighted by molar-refractivity contribution is 0.528. The van der Waals surface area contributed by atoms with Crippen LogP contribution in [0.3, 0.4) is 0 Å². The minimum absolute atomic E-state index is 0.509. The lowest BCUT2D eigenvalue weighted by Crippen LogP contribution is -2.24. The van der Waals surface area contributed by atoms with Gasteiger partial charge in [-0.15, -0.1) is 0 Å². The van der Waals surface area contributed by atoms with Gasteiger partial charge in [-0.2, -0.15) is 16.4 Å². The quantitative estimate of drug-likeness (QED) is 0.853. The van der Waals surface area contributed by atoms with Gasteiger partial charge in [-0.05, 0) is 34.9 Å². The van der Waals surface area contributed by atoms with Crippen molar-refractivity contribution < 1.29 is 0 Å². The molecule has 2 aromatic rings. The second-order valence-electron chi connectivity index (χ2n) is 4.46. The zero-order valence-electron chi connectivity index (χ0n) is 10.4. The molecule has 0 atom stereocenters. The summed E-state index contributed by atoms with van der Waals surface area (Å²) >= 11 is 1.75. The summed E-state index contributed by atoms with van der Waals surface area (Å²) in [5, 5.41) is 12.1. The topological polar surface area (TPSA) is 29.9 Å². The first-order valence-corrected chi connectivity index (χ1v) is 6.95. The van der Waals surface area contributed by atoms with Gasteiger partial charge >= 0.3 is 0 Å². The van der Waals surface area contributed by atoms with Gasteiger partial charge in [0.25, 0.3) is 0 Å². The van der Waals surface area contributed by atoms with Crippen LogP contribution in [0.1, 0.15) is 25.1 Å². The molecule has 0 unspecified atom stereocenters. The molecule has 2 rings (SSSR count). The number of nitrogens with zero attached hydrogens (tertiary/aromatic N) is 2. The van der Waals surface area contributed by atoms with Crippen LogP contribution in [0.4, 0.5) is 0 Å². The maximum atomic E-state index is 4.37. The predicted octanol–water partition coefficient (Wildman–Crippen LogP) is 2.69. The van der Waals surface area contributed by atoms with Crippen LogP contribution in [0.5, 0.6) is 0 Å². The molecule has 17 heavy (non-hydrogen) atoms. The largest absolute Gasteiger partial charge is 0.309 e. The van der Waals surface area contributed by atoms with Gasteiger partial charge < -0.3 is 5.32 Å². The summed E-state index contributed by atoms with van der Waals surface area (Å²) in [5.41, 5.74) is 2.65. The first kappa shape index (κ1) is 12.3. The first-order valence-electron chi connectivity index (χ1n) is 6.01. The monoisotopic (exact) mass is 249 g/mol. The molecule has 0 amide bonds. The van der Waals surface area contributed by atoms with Gasteiger partial charge in [0.15, 0.2) is 0 Å². The smallest absolute Gasteiger partial charge is 0.0522 e. The number of thiophene rings is 1. The van der Waals surface area contributed by atoms with E-state index in [2.05, 4.69) is 51.8 Å². The van der Waals surface area contributed by atoms with Gasteiger partial charge in [0.05, 0.1) is 5.69 Å². The van der Waals surface area contributed by atoms with Crippen molar-refractivity contribution in [1.82, 2.24) is 15.1 Å². The molecule has 0 aromatic carbocycles. The van der Waals surface area contributed by atoms with E-state index in [4.69, 9.17) is 0 Å². The summed E-state index contributed by atoms with van der Waals surface area (Å²) in [7, 11) is 0. The third-order valence-electron chi connectivity index (χ3n) is 2.69. The molecule has 0 bridgehead atoms. The summed E-state index contributed by atoms with van der Waals surface area (Å²) in [6.45, 7) is 6.16. The molecule has 0 fully saturated rings. The van der Waals surface area contributed by atoms with E-state index >= 15 is 0 Å². The van der Waals surface area contributed by atoms with Gasteiger partial charge in [-0.3, -0.25) is 4.68 Å². The summed E-state index contributed by atoms with van der Waals surface area (Å²) in [4.78, 5) is 0. The Morgan fingerprint density at radius 2 is 2.29 bits per heavy atom. The normalized spacial score (nSPS) is 11.2. The molecular weight excluding hydrogens is 230 g/mol. The Balaban J connectivity index is 1.90. The van der Waals surface area contributed by atoms with Crippen LogP contribution in [0.25, 0.3) is 0 Å². The van der Waals surface area contributed by atoms with E-state index < -0.39 is 0 Å². The number of hydrogen-bond acceptors (Lipinski definition) is 3. The predicted molar refractivity (Wildman–Crippen MR) is 72.2 cm³/mol. The zero-order chi connectivity index (χ0) is 12.1. The number of aryl methyl sites for hydroxylation is 2. The molecule has 0 saturated heterocycles. The van der Waals surface area contributed by atoms with E-state index in [1.165, 1.54) is 11.3 Å². The maximum Gasteiger partial charge on any atom is 0.0522 e. The van der Waals surface area contributed by atoms with Crippen molar-refractivity contribution in [2.45, 2.75) is 39.4 Å². The van der Waals surface area contributed by atoms with Crippen molar-refractivity contribution in [2.24, 2.45) is 0 Å². The van der Waals surface area contributed by atoms with Crippen LogP contribution in [0, 0.1) is 0 Å². The standard InChI is InChI=1S/C13H19N3S/c1-11(2)14-9-13-3-6-15-16(13)7-4-12-5-8-17-10-12/h3,5-6,8,10-11,14H,4,7,9H2,1-2H3. The Hall–Kier alpha value is -1.13. The van der Waals surface area contributed by atoms with Crippen molar-refractivity contribution in [3.8, 4) is 0 Å². The fourth-order valence-electron chi connectivity index (χ4n) is 1.69. The summed E-state index contributed by atoms with van der Waals surface area (Å²) < 4.78 is 2.09. The second-order valence-corrected chi connectivity index (χ2v) is 5.24. The number of aromatic nitrogens is 2. The van der Waals surface area contributed by atoms with E-state index in [-0.39, 0.29) is 0 Å². The summed E-state index contributed by atoms with van der Waals surface area (Å²) in [6.07, 6.45) is 2.94. The van der Waals surface area contributed by atoms with Crippen LogP contribution < -0.4 is 5.32 Å². The molecule has 0 saturated carbocycles. The molecule has 4 heteroatoms. The maximum absolute atomic E-state index is 4.37. The van der Waals surface area contributed by atoms with Crippen LogP contribution >= 0.6 is 11.3 Å². The van der Waals surface area contributed by atoms with Gasteiger partial charge in [0, 0.05) is 25.3 Å². The highest BCUT2D eigenvalue weighted by Crippen LogP contribution is 2.08. The average Bonchev–Trinajstić information content (AvgIpc) is 2.95. The van der Waals surface area contributed by atoms with Crippen LogP contribution in [-0.4, -0.2) is 15.8 Å². The Bertz CT molecular complexity index is 431. The van der Waals surface area contributed by atoms with E-state index in [1.807, 2.05) is 6.20 Å². The molecule has 2 aromatic heterocycles. The van der Waals surface area contributed by atoms with Gasteiger partial charge in [0.1, 0.15) is 0 Å². The lowest BCUT2D eigenvalue weighted by Gasteiger charge is -2.10. The molecule has 0 spiro atoms. The van der Waals surface area contributed by atoms with Crippen molar-refractivity contribution >= 4 is 11.3 Å². The van der Waals surface area contributed by atoms with Crippen molar-refractivity contribution in [1.29, 1.82) is 0 Å². The summed E-state index contributed by atoms with van der Waals surface area (Å²) in [5.74, 6) is 0. The Kier molecular flexibility index (Phi) is 4.34. The van der Waals surface area contributed by atoms with E-state index in [0.29, 0.717) is 6.04 Å². The Morgan fingerprint density at radius 1 is 1.41 bits per heavy atom. The van der Waals surface area contributed by atoms with Crippen LogP contribution in [0.15, 0.2) is 29.1 Å². The molecule has 92 valence electrons. The van der Waals surface area contributed by atoms with E-state index in [9.17, 15) is 0 Å². The number of hydrogen-bond donors (Lipinski definition) is 1. The highest BCUT2D eigenvalue weighted by molar-refractivity contribution is 7.07. The Morgan fingerprint density at radius 3 is 3.00 bits per heavy atom. The van der Waals surface area contributed by atoms with Crippen molar-refractivity contribution in [3.63, 3.8) is 0 Å². The van der Waals surface area contributed by atoms with Crippen LogP contribution in [0.2, 0.25) is 0 Å². The molecule has 0 aliphatic rings. The molecule has 0 aliphatic heterocycles. The zero-order valence-corrected chi connectivity index (χ0v) is 11.2. The Labute approximate surface area is 106 Å². The van der Waals surface area contributed by atoms with Crippen molar-refractivity contribution in [3.05, 3.63) is 40.3 Å². The summed E-state index contributed by atoms with van der Waals surface area (Å²) in [6, 6.07) is 4.78. The minimum Gasteiger partial charge on any atom is -0.309 e. The highest BCUT2D eigenvalue weighted by Gasteiger charge is 2.03. The molecule has 0 aliphatic carbocycles. The van der Waals surface area contributed by atoms with E-state index in [1.54, 1.807) is 11.3 Å². The first-order chi connectivity index (χ1) is 8.25. The fraction of sp³-hybridized carbons (Fsp3) is 0.462. The molecule has 0 radical (unpaired) electrons. The molecule has 1 N–H and O–H groups in total. The molecular formula is C13H19N3S. The lowest BCUT2D eigenvalue weighted by atomic mass is 10.2. The van der Waals surface area contributed by atoms with E-state index in [0.717, 1.165) is 19.5 Å². The fourth-order valence-corrected chi connectivity index (χ4v) is 2.39.